The standard InChI is InChI=1S/C25H25FN4O6/c1-15(31)5-7-17-14-28(25(35)36-17)16-6-8-21(20(26)13-16)27-9-11-29-22-18(23(32)30(29)12-10-27)3-2-4-19(22)24(33)34/h2-4,6,8,13,17H,5,7,9-12,14H2,1H3,(H,33,34)/t17-/m0/s1. The van der Waals surface area contributed by atoms with E-state index in [1.54, 1.807) is 33.8 Å². The number of hydrogen-bond acceptors (Lipinski definition) is 6. The number of nitrogens with zero attached hydrogens (tertiary/aromatic N) is 4. The highest BCUT2D eigenvalue weighted by molar-refractivity contribution is 6.02. The predicted octanol–water partition coefficient (Wildman–Crippen LogP) is 2.85. The third kappa shape index (κ3) is 4.10. The Kier molecular flexibility index (Phi) is 5.99. The highest BCUT2D eigenvalue weighted by atomic mass is 19.1. The fourth-order valence-corrected chi connectivity index (χ4v) is 4.94. The number of para-hydroxylation sites is 1. The molecule has 2 aromatic carbocycles. The van der Waals surface area contributed by atoms with Gasteiger partial charge in [0.15, 0.2) is 0 Å². The van der Waals surface area contributed by atoms with Crippen LogP contribution in [0.4, 0.5) is 20.6 Å². The minimum atomic E-state index is -1.12. The van der Waals surface area contributed by atoms with E-state index in [4.69, 9.17) is 4.74 Å². The molecule has 3 heterocycles. The Morgan fingerprint density at radius 3 is 2.53 bits per heavy atom. The van der Waals surface area contributed by atoms with Crippen molar-refractivity contribution in [2.45, 2.75) is 39.0 Å². The molecule has 1 amide bonds. The molecule has 0 unspecified atom stereocenters. The average molecular weight is 496 g/mol. The Balaban J connectivity index is 1.36. The maximum absolute atomic E-state index is 15.2. The molecule has 188 valence electrons. The van der Waals surface area contributed by atoms with Crippen LogP contribution in [0.1, 0.15) is 30.1 Å². The van der Waals surface area contributed by atoms with Gasteiger partial charge in [-0.1, -0.05) is 6.07 Å². The van der Waals surface area contributed by atoms with E-state index in [9.17, 15) is 24.3 Å². The molecule has 1 N–H and O–H groups in total. The number of carboxylic acids is 1. The van der Waals surface area contributed by atoms with Crippen molar-refractivity contribution in [2.24, 2.45) is 0 Å². The maximum Gasteiger partial charge on any atom is 0.414 e. The molecule has 0 radical (unpaired) electrons. The molecule has 0 saturated carbocycles. The van der Waals surface area contributed by atoms with Gasteiger partial charge >= 0.3 is 12.1 Å². The second-order valence-corrected chi connectivity index (χ2v) is 9.04. The number of carbonyl (C=O) groups excluding carboxylic acids is 2. The largest absolute Gasteiger partial charge is 0.478 e. The first kappa shape index (κ1) is 23.6. The summed E-state index contributed by atoms with van der Waals surface area (Å²) in [6.07, 6.45) is -0.272. The lowest BCUT2D eigenvalue weighted by Crippen LogP contribution is -2.29. The van der Waals surface area contributed by atoms with Crippen molar-refractivity contribution in [1.82, 2.24) is 9.36 Å². The van der Waals surface area contributed by atoms with Gasteiger partial charge in [-0.2, -0.15) is 0 Å². The van der Waals surface area contributed by atoms with Crippen LogP contribution in [-0.2, 0) is 22.6 Å². The molecule has 10 nitrogen and oxygen atoms in total. The maximum atomic E-state index is 15.2. The van der Waals surface area contributed by atoms with Gasteiger partial charge in [0.2, 0.25) is 0 Å². The summed E-state index contributed by atoms with van der Waals surface area (Å²) >= 11 is 0. The van der Waals surface area contributed by atoms with Gasteiger partial charge in [-0.25, -0.2) is 18.7 Å². The van der Waals surface area contributed by atoms with Gasteiger partial charge in [0, 0.05) is 19.5 Å². The Hall–Kier alpha value is -4.15. The number of carbonyl (C=O) groups is 3. The second-order valence-electron chi connectivity index (χ2n) is 9.04. The molecule has 0 spiro atoms. The molecule has 0 bridgehead atoms. The topological polar surface area (TPSA) is 114 Å². The van der Waals surface area contributed by atoms with E-state index < -0.39 is 24.0 Å². The van der Waals surface area contributed by atoms with Crippen LogP contribution in [0.25, 0.3) is 10.9 Å². The molecule has 1 fully saturated rings. The van der Waals surface area contributed by atoms with Crippen LogP contribution in [0.2, 0.25) is 0 Å². The van der Waals surface area contributed by atoms with Gasteiger partial charge in [0.05, 0.1) is 47.5 Å². The number of ether oxygens (including phenoxy) is 1. The number of Topliss-reactive ketones (excluding diaryl/α,β-unsaturated/α-hetero) is 1. The van der Waals surface area contributed by atoms with Gasteiger partial charge in [0.1, 0.15) is 17.7 Å². The molecule has 1 aromatic heterocycles. The first-order chi connectivity index (χ1) is 17.2. The number of amides is 1. The lowest BCUT2D eigenvalue weighted by Gasteiger charge is -2.24. The number of aromatic nitrogens is 2. The number of aromatic carboxylic acids is 1. The van der Waals surface area contributed by atoms with Crippen molar-refractivity contribution in [1.29, 1.82) is 0 Å². The molecule has 2 aliphatic heterocycles. The van der Waals surface area contributed by atoms with E-state index in [0.29, 0.717) is 54.8 Å². The molecule has 3 aromatic rings. The molecular formula is C25H25FN4O6. The zero-order chi connectivity index (χ0) is 25.6. The van der Waals surface area contributed by atoms with Gasteiger partial charge in [0.25, 0.3) is 5.56 Å². The van der Waals surface area contributed by atoms with Gasteiger partial charge < -0.3 is 19.5 Å². The summed E-state index contributed by atoms with van der Waals surface area (Å²) in [5, 5.41) is 9.94. The Bertz CT molecular complexity index is 1440. The highest BCUT2D eigenvalue weighted by Gasteiger charge is 2.33. The molecule has 2 aliphatic rings. The van der Waals surface area contributed by atoms with E-state index in [1.165, 1.54) is 28.6 Å². The van der Waals surface area contributed by atoms with E-state index in [1.807, 2.05) is 0 Å². The molecule has 1 atom stereocenters. The summed E-state index contributed by atoms with van der Waals surface area (Å²) in [6.45, 7) is 2.96. The average Bonchev–Trinajstić information content (AvgIpc) is 3.25. The number of rotatable bonds is 6. The Labute approximate surface area is 205 Å². The first-order valence-electron chi connectivity index (χ1n) is 11.7. The monoisotopic (exact) mass is 496 g/mol. The Morgan fingerprint density at radius 2 is 1.83 bits per heavy atom. The lowest BCUT2D eigenvalue weighted by molar-refractivity contribution is -0.117. The van der Waals surface area contributed by atoms with Crippen molar-refractivity contribution >= 4 is 40.1 Å². The SMILES string of the molecule is CC(=O)CC[C@H]1CN(c2ccc(N3CCn4c(=O)c5cccc(C(=O)O)c5n4CC3)c(F)c2)C(=O)O1. The number of fused-ring (bicyclic) bond motifs is 3. The van der Waals surface area contributed by atoms with Crippen molar-refractivity contribution in [3.8, 4) is 0 Å². The van der Waals surface area contributed by atoms with E-state index in [0.717, 1.165) is 0 Å². The summed E-state index contributed by atoms with van der Waals surface area (Å²) in [4.78, 5) is 51.3. The minimum absolute atomic E-state index is 0.0125. The number of benzene rings is 2. The van der Waals surface area contributed by atoms with Crippen molar-refractivity contribution in [3.05, 3.63) is 58.1 Å². The second kappa shape index (κ2) is 9.14. The first-order valence-corrected chi connectivity index (χ1v) is 11.7. The number of ketones is 1. The van der Waals surface area contributed by atoms with Crippen molar-refractivity contribution < 1.29 is 28.6 Å². The van der Waals surface area contributed by atoms with E-state index >= 15 is 4.39 Å². The Morgan fingerprint density at radius 1 is 1.08 bits per heavy atom. The number of anilines is 2. The van der Waals surface area contributed by atoms with Crippen LogP contribution >= 0.6 is 0 Å². The molecule has 0 aliphatic carbocycles. The normalized spacial score (nSPS) is 17.7. The third-order valence-electron chi connectivity index (χ3n) is 6.72. The lowest BCUT2D eigenvalue weighted by atomic mass is 10.1. The third-order valence-corrected chi connectivity index (χ3v) is 6.72. The van der Waals surface area contributed by atoms with Crippen molar-refractivity contribution in [2.75, 3.05) is 29.4 Å². The quantitative estimate of drug-likeness (QED) is 0.558. The summed E-state index contributed by atoms with van der Waals surface area (Å²) in [6, 6.07) is 9.14. The molecule has 5 rings (SSSR count). The van der Waals surface area contributed by atoms with Crippen LogP contribution in [0.15, 0.2) is 41.2 Å². The fraction of sp³-hybridized carbons (Fsp3) is 0.360. The fourth-order valence-electron chi connectivity index (χ4n) is 4.94. The predicted molar refractivity (Wildman–Crippen MR) is 129 cm³/mol. The summed E-state index contributed by atoms with van der Waals surface area (Å²) < 4.78 is 23.7. The zero-order valence-electron chi connectivity index (χ0n) is 19.6. The van der Waals surface area contributed by atoms with E-state index in [-0.39, 0.29) is 30.0 Å². The van der Waals surface area contributed by atoms with Crippen molar-refractivity contribution in [3.63, 3.8) is 0 Å². The van der Waals surface area contributed by atoms with E-state index in [2.05, 4.69) is 0 Å². The van der Waals surface area contributed by atoms with Gasteiger partial charge in [-0.05, 0) is 43.7 Å². The molecule has 1 saturated heterocycles. The molecule has 36 heavy (non-hydrogen) atoms. The minimum Gasteiger partial charge on any atom is -0.478 e. The van der Waals surface area contributed by atoms with Gasteiger partial charge in [-0.15, -0.1) is 0 Å². The van der Waals surface area contributed by atoms with Crippen LogP contribution in [0, 0.1) is 5.82 Å². The van der Waals surface area contributed by atoms with Crippen LogP contribution in [0.3, 0.4) is 0 Å². The number of cyclic esters (lactones) is 1. The van der Waals surface area contributed by atoms with Crippen LogP contribution in [0.5, 0.6) is 0 Å². The highest BCUT2D eigenvalue weighted by Crippen LogP contribution is 2.29. The van der Waals surface area contributed by atoms with Gasteiger partial charge in [-0.3, -0.25) is 14.4 Å². The molecule has 11 heteroatoms. The number of carboxylic acid groups (broad SMARTS) is 1. The summed E-state index contributed by atoms with van der Waals surface area (Å²) in [5.41, 5.74) is 0.811. The smallest absolute Gasteiger partial charge is 0.414 e. The summed E-state index contributed by atoms with van der Waals surface area (Å²) in [5.74, 6) is -1.63. The van der Waals surface area contributed by atoms with Crippen LogP contribution < -0.4 is 15.4 Å². The van der Waals surface area contributed by atoms with Crippen LogP contribution in [-0.4, -0.2) is 58.1 Å². The molecular weight excluding hydrogens is 471 g/mol. The zero-order valence-corrected chi connectivity index (χ0v) is 19.6. The summed E-state index contributed by atoms with van der Waals surface area (Å²) in [7, 11) is 0. The number of halogens is 1. The number of hydrogen-bond donors (Lipinski definition) is 1.